The van der Waals surface area contributed by atoms with Crippen molar-refractivity contribution >= 4 is 0 Å². The highest BCUT2D eigenvalue weighted by molar-refractivity contribution is 5.00. The molecular formula is C14H32N6. The monoisotopic (exact) mass is 284 g/mol. The molecule has 0 aromatic heterocycles. The van der Waals surface area contributed by atoms with Gasteiger partial charge in [0.25, 0.3) is 0 Å². The lowest BCUT2D eigenvalue weighted by Gasteiger charge is -2.38. The summed E-state index contributed by atoms with van der Waals surface area (Å²) < 4.78 is 0. The van der Waals surface area contributed by atoms with E-state index in [0.717, 1.165) is 45.6 Å². The summed E-state index contributed by atoms with van der Waals surface area (Å²) in [5.74, 6) is 0.116. The number of nitrogens with two attached hydrogens (primary N) is 2. The summed E-state index contributed by atoms with van der Waals surface area (Å²) in [7, 11) is 0. The van der Waals surface area contributed by atoms with Crippen LogP contribution in [0, 0.1) is 0 Å². The number of nitrogens with one attached hydrogen (secondary N) is 2. The number of rotatable bonds is 13. The van der Waals surface area contributed by atoms with Crippen molar-refractivity contribution < 1.29 is 0 Å². The van der Waals surface area contributed by atoms with Crippen LogP contribution in [0.4, 0.5) is 0 Å². The van der Waals surface area contributed by atoms with Crippen LogP contribution in [0.3, 0.4) is 0 Å². The third kappa shape index (κ3) is 4.65. The van der Waals surface area contributed by atoms with Gasteiger partial charge in [0.1, 0.15) is 5.79 Å². The van der Waals surface area contributed by atoms with E-state index in [1.165, 1.54) is 39.0 Å². The second-order valence-corrected chi connectivity index (χ2v) is 5.86. The quantitative estimate of drug-likeness (QED) is 0.255. The van der Waals surface area contributed by atoms with E-state index in [1.807, 2.05) is 0 Å². The van der Waals surface area contributed by atoms with E-state index in [9.17, 15) is 0 Å². The molecule has 0 amide bonds. The average molecular weight is 284 g/mol. The molecule has 0 atom stereocenters. The standard InChI is InChI=1S/C14H32N6/c15-5-2-8-17-7-1-4-14(19-10-11-19,20-12-13-20)18-9-3-6-16/h17-18H,1-13,15-16H2. The summed E-state index contributed by atoms with van der Waals surface area (Å²) in [6.07, 6.45) is 4.51. The van der Waals surface area contributed by atoms with Gasteiger partial charge in [-0.1, -0.05) is 0 Å². The lowest BCUT2D eigenvalue weighted by Crippen LogP contribution is -2.58. The molecule has 2 aliphatic rings. The van der Waals surface area contributed by atoms with Crippen molar-refractivity contribution in [2.75, 3.05) is 58.9 Å². The highest BCUT2D eigenvalue weighted by Crippen LogP contribution is 2.33. The van der Waals surface area contributed by atoms with Crippen molar-refractivity contribution in [2.45, 2.75) is 31.5 Å². The first-order valence-corrected chi connectivity index (χ1v) is 8.19. The average Bonchev–Trinajstić information content (AvgIpc) is 3.31. The Morgan fingerprint density at radius 3 is 1.90 bits per heavy atom. The summed E-state index contributed by atoms with van der Waals surface area (Å²) >= 11 is 0. The second kappa shape index (κ2) is 8.26. The van der Waals surface area contributed by atoms with Crippen molar-refractivity contribution in [3.63, 3.8) is 0 Å². The van der Waals surface area contributed by atoms with Gasteiger partial charge in [-0.2, -0.15) is 0 Å². The minimum Gasteiger partial charge on any atom is -0.330 e. The van der Waals surface area contributed by atoms with Crippen LogP contribution in [-0.2, 0) is 0 Å². The fourth-order valence-corrected chi connectivity index (χ4v) is 2.87. The molecule has 2 saturated heterocycles. The van der Waals surface area contributed by atoms with Crippen LogP contribution in [0.25, 0.3) is 0 Å². The number of nitrogens with zero attached hydrogens (tertiary/aromatic N) is 2. The van der Waals surface area contributed by atoms with E-state index >= 15 is 0 Å². The van der Waals surface area contributed by atoms with Crippen molar-refractivity contribution in [2.24, 2.45) is 11.5 Å². The second-order valence-electron chi connectivity index (χ2n) is 5.86. The van der Waals surface area contributed by atoms with Gasteiger partial charge in [-0.05, 0) is 58.4 Å². The Balaban J connectivity index is 1.73. The molecule has 0 aromatic rings. The Kier molecular flexibility index (Phi) is 6.67. The summed E-state index contributed by atoms with van der Waals surface area (Å²) in [6, 6.07) is 0. The summed E-state index contributed by atoms with van der Waals surface area (Å²) in [5, 5.41) is 7.26. The van der Waals surface area contributed by atoms with E-state index in [0.29, 0.717) is 0 Å². The number of hydrogen-bond donors (Lipinski definition) is 4. The Labute approximate surface area is 123 Å². The van der Waals surface area contributed by atoms with Crippen LogP contribution < -0.4 is 22.1 Å². The first kappa shape index (κ1) is 16.1. The molecule has 0 radical (unpaired) electrons. The molecule has 0 aromatic carbocycles. The molecule has 118 valence electrons. The van der Waals surface area contributed by atoms with Crippen LogP contribution in [-0.4, -0.2) is 74.5 Å². The van der Waals surface area contributed by atoms with Gasteiger partial charge in [0.2, 0.25) is 0 Å². The molecule has 0 saturated carbocycles. The molecule has 2 rings (SSSR count). The molecule has 0 bridgehead atoms. The summed E-state index contributed by atoms with van der Waals surface area (Å²) in [4.78, 5) is 5.13. The SMILES string of the molecule is NCCCNCCCC(NCCCN)(N1CC1)N1CC1. The van der Waals surface area contributed by atoms with E-state index in [4.69, 9.17) is 11.5 Å². The topological polar surface area (TPSA) is 82.1 Å². The smallest absolute Gasteiger partial charge is 0.128 e. The molecule has 6 heteroatoms. The maximum Gasteiger partial charge on any atom is 0.128 e. The molecular weight excluding hydrogens is 252 g/mol. The zero-order valence-electron chi connectivity index (χ0n) is 12.7. The van der Waals surface area contributed by atoms with Gasteiger partial charge in [-0.3, -0.25) is 15.1 Å². The van der Waals surface area contributed by atoms with Gasteiger partial charge >= 0.3 is 0 Å². The molecule has 2 heterocycles. The fourth-order valence-electron chi connectivity index (χ4n) is 2.87. The predicted molar refractivity (Wildman–Crippen MR) is 83.3 cm³/mol. The third-order valence-corrected chi connectivity index (χ3v) is 4.17. The van der Waals surface area contributed by atoms with Gasteiger partial charge in [-0.25, -0.2) is 0 Å². The molecule has 0 spiro atoms. The predicted octanol–water partition coefficient (Wildman–Crippen LogP) is -1.07. The van der Waals surface area contributed by atoms with Gasteiger partial charge in [0.05, 0.1) is 0 Å². The van der Waals surface area contributed by atoms with Gasteiger partial charge < -0.3 is 16.8 Å². The molecule has 6 N–H and O–H groups in total. The fraction of sp³-hybridized carbons (Fsp3) is 1.00. The first-order valence-electron chi connectivity index (χ1n) is 8.19. The van der Waals surface area contributed by atoms with Crippen molar-refractivity contribution in [1.82, 2.24) is 20.4 Å². The Morgan fingerprint density at radius 2 is 1.35 bits per heavy atom. The molecule has 6 nitrogen and oxygen atoms in total. The number of hydrogen-bond acceptors (Lipinski definition) is 6. The zero-order valence-corrected chi connectivity index (χ0v) is 12.7. The van der Waals surface area contributed by atoms with Gasteiger partial charge in [0, 0.05) is 26.2 Å². The van der Waals surface area contributed by atoms with Crippen molar-refractivity contribution in [3.05, 3.63) is 0 Å². The molecule has 0 unspecified atom stereocenters. The van der Waals surface area contributed by atoms with E-state index in [1.54, 1.807) is 0 Å². The largest absolute Gasteiger partial charge is 0.330 e. The van der Waals surface area contributed by atoms with E-state index < -0.39 is 0 Å². The molecule has 0 aliphatic carbocycles. The highest BCUT2D eigenvalue weighted by atomic mass is 15.6. The Bertz CT molecular complexity index is 252. The third-order valence-electron chi connectivity index (χ3n) is 4.17. The maximum atomic E-state index is 5.62. The normalized spacial score (nSPS) is 19.5. The lowest BCUT2D eigenvalue weighted by atomic mass is 10.1. The molecule has 2 aliphatic heterocycles. The zero-order chi connectivity index (χ0) is 14.3. The minimum atomic E-state index is 0.116. The maximum absolute atomic E-state index is 5.62. The van der Waals surface area contributed by atoms with Crippen LogP contribution in [0.15, 0.2) is 0 Å². The minimum absolute atomic E-state index is 0.116. The van der Waals surface area contributed by atoms with Gasteiger partial charge in [-0.15, -0.1) is 0 Å². The molecule has 20 heavy (non-hydrogen) atoms. The van der Waals surface area contributed by atoms with Gasteiger partial charge in [0.15, 0.2) is 0 Å². The van der Waals surface area contributed by atoms with E-state index in [-0.39, 0.29) is 5.79 Å². The first-order chi connectivity index (χ1) is 9.83. The van der Waals surface area contributed by atoms with Crippen LogP contribution in [0.1, 0.15) is 25.7 Å². The summed E-state index contributed by atoms with van der Waals surface area (Å²) in [6.45, 7) is 9.60. The van der Waals surface area contributed by atoms with E-state index in [2.05, 4.69) is 20.4 Å². The van der Waals surface area contributed by atoms with Crippen LogP contribution in [0.5, 0.6) is 0 Å². The Morgan fingerprint density at radius 1 is 0.800 bits per heavy atom. The van der Waals surface area contributed by atoms with Crippen molar-refractivity contribution in [1.29, 1.82) is 0 Å². The van der Waals surface area contributed by atoms with Crippen LogP contribution in [0.2, 0.25) is 0 Å². The van der Waals surface area contributed by atoms with Crippen LogP contribution >= 0.6 is 0 Å². The summed E-state index contributed by atoms with van der Waals surface area (Å²) in [5.41, 5.74) is 11.1. The molecule has 2 fully saturated rings. The van der Waals surface area contributed by atoms with Crippen molar-refractivity contribution in [3.8, 4) is 0 Å². The lowest BCUT2D eigenvalue weighted by molar-refractivity contribution is 0.0412. The highest BCUT2D eigenvalue weighted by Gasteiger charge is 2.50. The Hall–Kier alpha value is -0.240.